The van der Waals surface area contributed by atoms with Gasteiger partial charge in [0.25, 0.3) is 0 Å². The summed E-state index contributed by atoms with van der Waals surface area (Å²) < 4.78 is 0. The van der Waals surface area contributed by atoms with E-state index in [9.17, 15) is 9.59 Å². The highest BCUT2D eigenvalue weighted by Gasteiger charge is 2.14. The van der Waals surface area contributed by atoms with Crippen LogP contribution < -0.4 is 0 Å². The fraction of sp³-hybridized carbons (Fsp3) is 0.400. The number of hydrogen-bond donors (Lipinski definition) is 1. The quantitative estimate of drug-likeness (QED) is 0.503. The third-order valence-corrected chi connectivity index (χ3v) is 1.41. The van der Waals surface area contributed by atoms with Crippen LogP contribution in [0.25, 0.3) is 0 Å². The predicted octanol–water partition coefficient (Wildman–Crippen LogP) is -0.123. The molecule has 0 aromatic heterocycles. The van der Waals surface area contributed by atoms with Gasteiger partial charge in [-0.2, -0.15) is 0 Å². The van der Waals surface area contributed by atoms with Gasteiger partial charge in [-0.3, -0.25) is 4.79 Å². The number of likely N-dealkylation sites (N-methyl/N-ethyl adjacent to an activating group) is 1. The molecule has 1 N–H and O–H groups in total. The third kappa shape index (κ3) is 2.10. The van der Waals surface area contributed by atoms with E-state index < -0.39 is 5.97 Å². The van der Waals surface area contributed by atoms with Crippen molar-refractivity contribution in [3.63, 3.8) is 0 Å². The van der Waals surface area contributed by atoms with E-state index in [2.05, 4.69) is 12.2 Å². The predicted molar refractivity (Wildman–Crippen MR) is 38.7 cm³/mol. The van der Waals surface area contributed by atoms with Crippen molar-refractivity contribution in [2.75, 3.05) is 7.05 Å². The molecule has 0 fully saturated rings. The number of carbonyl (C=O) groups is 2. The molecule has 0 aliphatic carbocycles. The minimum Gasteiger partial charge on any atom is -0.476 e. The van der Waals surface area contributed by atoms with Crippen molar-refractivity contribution >= 4 is 29.1 Å². The van der Waals surface area contributed by atoms with E-state index in [1.165, 1.54) is 14.0 Å². The standard InChI is InChI=1S/C5H7NO3S/c1-3(7)6(2)4(10)5(8)9/h1-2H3,(H,8,9). The largest absolute Gasteiger partial charge is 0.476 e. The molecule has 1 amide bonds. The summed E-state index contributed by atoms with van der Waals surface area (Å²) in [5.41, 5.74) is 0. The maximum Gasteiger partial charge on any atom is 0.364 e. The van der Waals surface area contributed by atoms with E-state index in [1.807, 2.05) is 0 Å². The molecule has 56 valence electrons. The lowest BCUT2D eigenvalue weighted by atomic mass is 10.5. The molecule has 0 radical (unpaired) electrons. The topological polar surface area (TPSA) is 57.6 Å². The Morgan fingerprint density at radius 3 is 2.00 bits per heavy atom. The van der Waals surface area contributed by atoms with E-state index in [-0.39, 0.29) is 10.9 Å². The molecule has 0 aromatic rings. The number of thiocarbonyl (C=S) groups is 1. The molecule has 0 aromatic carbocycles. The number of rotatable bonds is 0. The smallest absolute Gasteiger partial charge is 0.364 e. The van der Waals surface area contributed by atoms with Crippen molar-refractivity contribution in [1.82, 2.24) is 4.90 Å². The first kappa shape index (κ1) is 9.03. The van der Waals surface area contributed by atoms with E-state index in [0.29, 0.717) is 0 Å². The fourth-order valence-corrected chi connectivity index (χ4v) is 0.415. The Bertz CT molecular complexity index is 189. The van der Waals surface area contributed by atoms with Crippen molar-refractivity contribution < 1.29 is 14.7 Å². The summed E-state index contributed by atoms with van der Waals surface area (Å²) in [6, 6.07) is 0. The number of nitrogens with zero attached hydrogens (tertiary/aromatic N) is 1. The summed E-state index contributed by atoms with van der Waals surface area (Å²) in [7, 11) is 1.32. The number of carbonyl (C=O) groups excluding carboxylic acids is 1. The van der Waals surface area contributed by atoms with Crippen molar-refractivity contribution in [2.45, 2.75) is 6.92 Å². The van der Waals surface area contributed by atoms with Crippen LogP contribution in [0.3, 0.4) is 0 Å². The lowest BCUT2D eigenvalue weighted by Gasteiger charge is -2.10. The molecule has 0 aliphatic heterocycles. The molecule has 0 bridgehead atoms. The Hall–Kier alpha value is -0.970. The summed E-state index contributed by atoms with van der Waals surface area (Å²) in [4.78, 5) is 21.1. The lowest BCUT2D eigenvalue weighted by Crippen LogP contribution is -2.34. The van der Waals surface area contributed by atoms with Crippen molar-refractivity contribution in [3.05, 3.63) is 0 Å². The molecule has 5 heteroatoms. The highest BCUT2D eigenvalue weighted by atomic mass is 32.1. The van der Waals surface area contributed by atoms with Gasteiger partial charge in [-0.05, 0) is 0 Å². The first-order valence-electron chi connectivity index (χ1n) is 2.48. The normalized spacial score (nSPS) is 8.60. The molecule has 4 nitrogen and oxygen atoms in total. The van der Waals surface area contributed by atoms with Crippen LogP contribution in [-0.4, -0.2) is 33.9 Å². The van der Waals surface area contributed by atoms with Crippen LogP contribution in [0, 0.1) is 0 Å². The molecule has 0 rings (SSSR count). The van der Waals surface area contributed by atoms with Gasteiger partial charge in [-0.15, -0.1) is 0 Å². The highest BCUT2D eigenvalue weighted by Crippen LogP contribution is 1.88. The minimum atomic E-state index is -1.26. The average molecular weight is 161 g/mol. The van der Waals surface area contributed by atoms with Crippen LogP contribution in [0.2, 0.25) is 0 Å². The molecule has 0 saturated heterocycles. The Morgan fingerprint density at radius 1 is 1.50 bits per heavy atom. The van der Waals surface area contributed by atoms with Gasteiger partial charge >= 0.3 is 5.97 Å². The minimum absolute atomic E-state index is 0.382. The number of hydrogen-bond acceptors (Lipinski definition) is 3. The lowest BCUT2D eigenvalue weighted by molar-refractivity contribution is -0.132. The molecule has 0 spiro atoms. The molecule has 0 heterocycles. The number of carboxylic acids is 1. The van der Waals surface area contributed by atoms with Gasteiger partial charge in [0.1, 0.15) is 0 Å². The maximum absolute atomic E-state index is 10.5. The molecule has 0 saturated carbocycles. The van der Waals surface area contributed by atoms with Crippen LogP contribution >= 0.6 is 12.2 Å². The number of aliphatic carboxylic acids is 1. The van der Waals surface area contributed by atoms with Crippen molar-refractivity contribution in [2.24, 2.45) is 0 Å². The van der Waals surface area contributed by atoms with E-state index in [1.54, 1.807) is 0 Å². The van der Waals surface area contributed by atoms with Crippen LogP contribution in [0.4, 0.5) is 0 Å². The Balaban J connectivity index is 4.22. The van der Waals surface area contributed by atoms with Gasteiger partial charge in [-0.25, -0.2) is 4.79 Å². The van der Waals surface area contributed by atoms with E-state index in [4.69, 9.17) is 5.11 Å². The van der Waals surface area contributed by atoms with E-state index in [0.717, 1.165) is 4.90 Å². The molecular formula is C5H7NO3S. The zero-order chi connectivity index (χ0) is 8.31. The van der Waals surface area contributed by atoms with Gasteiger partial charge in [0.2, 0.25) is 5.91 Å². The Kier molecular flexibility index (Phi) is 2.95. The monoisotopic (exact) mass is 161 g/mol. The van der Waals surface area contributed by atoms with Crippen LogP contribution in [0.15, 0.2) is 0 Å². The SMILES string of the molecule is CC(=O)N(C)C(=S)C(=O)O. The number of amides is 1. The number of carboxylic acid groups (broad SMARTS) is 1. The Labute approximate surface area is 63.4 Å². The first-order valence-corrected chi connectivity index (χ1v) is 2.89. The van der Waals surface area contributed by atoms with Gasteiger partial charge in [0.05, 0.1) is 0 Å². The van der Waals surface area contributed by atoms with Crippen molar-refractivity contribution in [1.29, 1.82) is 0 Å². The van der Waals surface area contributed by atoms with Gasteiger partial charge < -0.3 is 10.0 Å². The summed E-state index contributed by atoms with van der Waals surface area (Å²) in [5.74, 6) is -1.64. The molecule has 0 unspecified atom stereocenters. The summed E-state index contributed by atoms with van der Waals surface area (Å²) in [6.45, 7) is 1.25. The van der Waals surface area contributed by atoms with Crippen molar-refractivity contribution in [3.8, 4) is 0 Å². The molecule has 10 heavy (non-hydrogen) atoms. The van der Waals surface area contributed by atoms with E-state index >= 15 is 0 Å². The second-order valence-electron chi connectivity index (χ2n) is 1.69. The molecule has 0 atom stereocenters. The van der Waals surface area contributed by atoms with Crippen LogP contribution in [0.1, 0.15) is 6.92 Å². The van der Waals surface area contributed by atoms with Crippen LogP contribution in [-0.2, 0) is 9.59 Å². The zero-order valence-corrected chi connectivity index (χ0v) is 6.44. The van der Waals surface area contributed by atoms with Gasteiger partial charge in [-0.1, -0.05) is 12.2 Å². The third-order valence-electron chi connectivity index (χ3n) is 0.960. The van der Waals surface area contributed by atoms with Gasteiger partial charge in [0.15, 0.2) is 4.99 Å². The summed E-state index contributed by atoms with van der Waals surface area (Å²) in [6.07, 6.45) is 0. The fourth-order valence-electron chi connectivity index (χ4n) is 0.286. The molecular weight excluding hydrogens is 154 g/mol. The Morgan fingerprint density at radius 2 is 1.90 bits per heavy atom. The molecule has 0 aliphatic rings. The summed E-state index contributed by atoms with van der Waals surface area (Å²) >= 11 is 4.38. The average Bonchev–Trinajstić information content (AvgIpc) is 1.84. The first-order chi connectivity index (χ1) is 4.46. The second-order valence-corrected chi connectivity index (χ2v) is 2.08. The van der Waals surface area contributed by atoms with Crippen LogP contribution in [0.5, 0.6) is 0 Å². The second kappa shape index (κ2) is 3.26. The zero-order valence-electron chi connectivity index (χ0n) is 5.62. The maximum atomic E-state index is 10.5. The van der Waals surface area contributed by atoms with Gasteiger partial charge in [0, 0.05) is 14.0 Å². The summed E-state index contributed by atoms with van der Waals surface area (Å²) in [5, 5.41) is 8.27. The highest BCUT2D eigenvalue weighted by molar-refractivity contribution is 7.82.